The Kier molecular flexibility index (Phi) is 2.91. The number of rotatable bonds is 2. The van der Waals surface area contributed by atoms with E-state index in [0.717, 1.165) is 0 Å². The molecule has 1 aliphatic rings. The van der Waals surface area contributed by atoms with Gasteiger partial charge in [0.15, 0.2) is 5.60 Å². The van der Waals surface area contributed by atoms with Crippen molar-refractivity contribution in [3.05, 3.63) is 24.0 Å². The lowest BCUT2D eigenvalue weighted by Crippen LogP contribution is -2.36. The summed E-state index contributed by atoms with van der Waals surface area (Å²) in [4.78, 5) is 0. The molecule has 1 rings (SSSR count). The van der Waals surface area contributed by atoms with Gasteiger partial charge in [0.05, 0.1) is 13.2 Å². The second kappa shape index (κ2) is 3.95. The third-order valence-corrected chi connectivity index (χ3v) is 2.18. The fraction of sp³-hybridized carbons (Fsp3) is 0.400. The number of allylic oxidation sites excluding steroid dienone is 1. The van der Waals surface area contributed by atoms with E-state index in [2.05, 4.69) is 0 Å². The Balaban J connectivity index is 3.07. The summed E-state index contributed by atoms with van der Waals surface area (Å²) in [7, 11) is 2.92. The smallest absolute Gasteiger partial charge is 0.192 e. The molecule has 0 aromatic heterocycles. The Hall–Kier alpha value is -1.78. The molecule has 1 aliphatic carbocycles. The van der Waals surface area contributed by atoms with Crippen molar-refractivity contribution >= 4 is 0 Å². The second-order valence-electron chi connectivity index (χ2n) is 2.82. The van der Waals surface area contributed by atoms with Crippen LogP contribution in [-0.4, -0.2) is 19.8 Å². The van der Waals surface area contributed by atoms with Crippen molar-refractivity contribution in [3.63, 3.8) is 0 Å². The summed E-state index contributed by atoms with van der Waals surface area (Å²) in [6, 6.07) is 3.99. The predicted molar refractivity (Wildman–Crippen MR) is 48.7 cm³/mol. The maximum absolute atomic E-state index is 8.95. The Morgan fingerprint density at radius 3 is 2.57 bits per heavy atom. The van der Waals surface area contributed by atoms with Gasteiger partial charge in [0.25, 0.3) is 0 Å². The first-order chi connectivity index (χ1) is 6.72. The van der Waals surface area contributed by atoms with Gasteiger partial charge in [-0.2, -0.15) is 10.5 Å². The average molecular weight is 190 g/mol. The molecule has 0 spiro atoms. The van der Waals surface area contributed by atoms with Crippen LogP contribution in [0.5, 0.6) is 0 Å². The van der Waals surface area contributed by atoms with Crippen molar-refractivity contribution in [3.8, 4) is 12.1 Å². The van der Waals surface area contributed by atoms with Gasteiger partial charge in [0.2, 0.25) is 0 Å². The van der Waals surface area contributed by atoms with E-state index in [1.807, 2.05) is 12.1 Å². The standard InChI is InChI=1S/C10H10N2O2/c1-13-9-3-4-10(7-12,14-2)8(5-9)6-11/h3-5,8H,1-2H3. The largest absolute Gasteiger partial charge is 0.497 e. The van der Waals surface area contributed by atoms with Crippen LogP contribution in [0.1, 0.15) is 0 Å². The zero-order valence-electron chi connectivity index (χ0n) is 8.02. The molecular formula is C10H10N2O2. The molecule has 2 unspecified atom stereocenters. The van der Waals surface area contributed by atoms with Crippen molar-refractivity contribution < 1.29 is 9.47 Å². The van der Waals surface area contributed by atoms with Gasteiger partial charge in [-0.25, -0.2) is 0 Å². The molecule has 4 nitrogen and oxygen atoms in total. The highest BCUT2D eigenvalue weighted by atomic mass is 16.5. The van der Waals surface area contributed by atoms with Gasteiger partial charge < -0.3 is 9.47 Å². The van der Waals surface area contributed by atoms with Gasteiger partial charge in [-0.3, -0.25) is 0 Å². The van der Waals surface area contributed by atoms with E-state index < -0.39 is 11.5 Å². The molecule has 0 aromatic rings. The molecule has 0 radical (unpaired) electrons. The van der Waals surface area contributed by atoms with Crippen LogP contribution < -0.4 is 0 Å². The molecule has 14 heavy (non-hydrogen) atoms. The topological polar surface area (TPSA) is 66.0 Å². The van der Waals surface area contributed by atoms with Crippen LogP contribution in [0.25, 0.3) is 0 Å². The lowest BCUT2D eigenvalue weighted by molar-refractivity contribution is 0.0583. The molecular weight excluding hydrogens is 180 g/mol. The number of hydrogen-bond acceptors (Lipinski definition) is 4. The molecule has 0 fully saturated rings. The van der Waals surface area contributed by atoms with E-state index in [0.29, 0.717) is 5.76 Å². The summed E-state index contributed by atoms with van der Waals surface area (Å²) in [5.41, 5.74) is -1.18. The first kappa shape index (κ1) is 10.3. The molecule has 72 valence electrons. The van der Waals surface area contributed by atoms with Crippen LogP contribution in [0.2, 0.25) is 0 Å². The number of hydrogen-bond donors (Lipinski definition) is 0. The maximum Gasteiger partial charge on any atom is 0.192 e. The van der Waals surface area contributed by atoms with Crippen molar-refractivity contribution in [2.24, 2.45) is 5.92 Å². The van der Waals surface area contributed by atoms with E-state index in [-0.39, 0.29) is 0 Å². The van der Waals surface area contributed by atoms with E-state index in [4.69, 9.17) is 20.0 Å². The fourth-order valence-corrected chi connectivity index (χ4v) is 1.27. The van der Waals surface area contributed by atoms with Crippen LogP contribution in [0, 0.1) is 28.6 Å². The number of nitrogens with zero attached hydrogens (tertiary/aromatic N) is 2. The lowest BCUT2D eigenvalue weighted by Gasteiger charge is -2.27. The molecule has 4 heteroatoms. The molecule has 0 heterocycles. The first-order valence-electron chi connectivity index (χ1n) is 4.03. The summed E-state index contributed by atoms with van der Waals surface area (Å²) < 4.78 is 10.0. The quantitative estimate of drug-likeness (QED) is 0.654. The van der Waals surface area contributed by atoms with Gasteiger partial charge in [0.1, 0.15) is 17.7 Å². The Bertz CT molecular complexity index is 359. The van der Waals surface area contributed by atoms with Gasteiger partial charge in [-0.1, -0.05) is 0 Å². The van der Waals surface area contributed by atoms with Crippen LogP contribution in [0.15, 0.2) is 24.0 Å². The summed E-state index contributed by atoms with van der Waals surface area (Å²) in [6.45, 7) is 0. The molecule has 0 bridgehead atoms. The molecule has 0 saturated heterocycles. The van der Waals surface area contributed by atoms with Gasteiger partial charge >= 0.3 is 0 Å². The Labute approximate surface area is 82.7 Å². The Morgan fingerprint density at radius 1 is 1.43 bits per heavy atom. The first-order valence-corrected chi connectivity index (χ1v) is 4.03. The number of ether oxygens (including phenoxy) is 2. The molecule has 0 aromatic carbocycles. The van der Waals surface area contributed by atoms with Crippen molar-refractivity contribution in [2.75, 3.05) is 14.2 Å². The fourth-order valence-electron chi connectivity index (χ4n) is 1.27. The average Bonchev–Trinajstić information content (AvgIpc) is 2.28. The minimum Gasteiger partial charge on any atom is -0.497 e. The van der Waals surface area contributed by atoms with E-state index in [9.17, 15) is 0 Å². The Morgan fingerprint density at radius 2 is 2.14 bits per heavy atom. The third kappa shape index (κ3) is 1.48. The SMILES string of the molecule is COC1=CC(C#N)C(C#N)(OC)C=C1. The van der Waals surface area contributed by atoms with Gasteiger partial charge in [-0.15, -0.1) is 0 Å². The molecule has 2 atom stereocenters. The van der Waals surface area contributed by atoms with E-state index in [1.54, 1.807) is 18.2 Å². The monoisotopic (exact) mass is 190 g/mol. The zero-order valence-corrected chi connectivity index (χ0v) is 8.02. The molecule has 0 N–H and O–H groups in total. The summed E-state index contributed by atoms with van der Waals surface area (Å²) in [5, 5.41) is 17.8. The predicted octanol–water partition coefficient (Wildman–Crippen LogP) is 1.14. The van der Waals surface area contributed by atoms with Crippen LogP contribution in [0.4, 0.5) is 0 Å². The lowest BCUT2D eigenvalue weighted by atomic mass is 9.85. The van der Waals surface area contributed by atoms with Crippen molar-refractivity contribution in [2.45, 2.75) is 5.60 Å². The van der Waals surface area contributed by atoms with Crippen molar-refractivity contribution in [1.29, 1.82) is 10.5 Å². The highest BCUT2D eigenvalue weighted by Gasteiger charge is 2.38. The zero-order chi connectivity index (χ0) is 10.6. The van der Waals surface area contributed by atoms with E-state index in [1.165, 1.54) is 14.2 Å². The summed E-state index contributed by atoms with van der Waals surface area (Å²) in [6.07, 6.45) is 4.74. The summed E-state index contributed by atoms with van der Waals surface area (Å²) in [5.74, 6) is -0.0723. The van der Waals surface area contributed by atoms with E-state index >= 15 is 0 Å². The summed E-state index contributed by atoms with van der Waals surface area (Å²) >= 11 is 0. The van der Waals surface area contributed by atoms with Crippen LogP contribution in [-0.2, 0) is 9.47 Å². The van der Waals surface area contributed by atoms with Gasteiger partial charge in [-0.05, 0) is 18.2 Å². The molecule has 0 saturated carbocycles. The second-order valence-corrected chi connectivity index (χ2v) is 2.82. The van der Waals surface area contributed by atoms with Crippen LogP contribution in [0.3, 0.4) is 0 Å². The number of methoxy groups -OCH3 is 2. The normalized spacial score (nSPS) is 30.0. The van der Waals surface area contributed by atoms with Crippen LogP contribution >= 0.6 is 0 Å². The minimum atomic E-state index is -1.18. The van der Waals surface area contributed by atoms with Gasteiger partial charge in [0, 0.05) is 7.11 Å². The highest BCUT2D eigenvalue weighted by molar-refractivity contribution is 5.36. The van der Waals surface area contributed by atoms with Crippen molar-refractivity contribution in [1.82, 2.24) is 0 Å². The number of nitriles is 2. The third-order valence-electron chi connectivity index (χ3n) is 2.18. The molecule has 0 aliphatic heterocycles. The maximum atomic E-state index is 8.95. The highest BCUT2D eigenvalue weighted by Crippen LogP contribution is 2.29. The molecule has 0 amide bonds. The minimum absolute atomic E-state index is 0.569.